The van der Waals surface area contributed by atoms with Crippen LogP contribution in [-0.4, -0.2) is 18.2 Å². The van der Waals surface area contributed by atoms with Crippen LogP contribution in [0.3, 0.4) is 0 Å². The maximum Gasteiger partial charge on any atom is 0.335 e. The van der Waals surface area contributed by atoms with Gasteiger partial charge in [-0.2, -0.15) is 0 Å². The van der Waals surface area contributed by atoms with Crippen molar-refractivity contribution in [3.8, 4) is 16.9 Å². The van der Waals surface area contributed by atoms with E-state index in [0.717, 1.165) is 12.1 Å². The summed E-state index contributed by atoms with van der Waals surface area (Å²) >= 11 is 0. The number of benzene rings is 2. The maximum atomic E-state index is 13.8. The molecule has 98 valence electrons. The van der Waals surface area contributed by atoms with Crippen molar-refractivity contribution < 1.29 is 23.4 Å². The van der Waals surface area contributed by atoms with Crippen molar-refractivity contribution in [3.05, 3.63) is 53.6 Å². The summed E-state index contributed by atoms with van der Waals surface area (Å²) in [4.78, 5) is 10.7. The minimum absolute atomic E-state index is 0.00477. The molecule has 0 aliphatic carbocycles. The predicted molar refractivity (Wildman–Crippen MR) is 65.3 cm³/mol. The predicted octanol–water partition coefficient (Wildman–Crippen LogP) is 3.34. The second-order valence-corrected chi connectivity index (χ2v) is 3.85. The molecule has 2 aromatic rings. The highest BCUT2D eigenvalue weighted by atomic mass is 19.1. The van der Waals surface area contributed by atoms with Crippen molar-refractivity contribution in [2.75, 3.05) is 7.11 Å². The van der Waals surface area contributed by atoms with Crippen LogP contribution in [-0.2, 0) is 0 Å². The van der Waals surface area contributed by atoms with Crippen LogP contribution in [0, 0.1) is 11.6 Å². The van der Waals surface area contributed by atoms with Gasteiger partial charge in [0.2, 0.25) is 0 Å². The number of carboxylic acid groups (broad SMARTS) is 1. The van der Waals surface area contributed by atoms with Gasteiger partial charge in [-0.25, -0.2) is 13.6 Å². The van der Waals surface area contributed by atoms with E-state index < -0.39 is 17.6 Å². The fraction of sp³-hybridized carbons (Fsp3) is 0.0714. The first kappa shape index (κ1) is 13.0. The molecule has 3 nitrogen and oxygen atoms in total. The lowest BCUT2D eigenvalue weighted by Gasteiger charge is -2.07. The maximum absolute atomic E-state index is 13.8. The summed E-state index contributed by atoms with van der Waals surface area (Å²) in [5.41, 5.74) is -0.129. The molecule has 5 heteroatoms. The summed E-state index contributed by atoms with van der Waals surface area (Å²) in [5, 5.41) is 8.74. The lowest BCUT2D eigenvalue weighted by atomic mass is 10.0. The van der Waals surface area contributed by atoms with Gasteiger partial charge in [-0.3, -0.25) is 0 Å². The van der Waals surface area contributed by atoms with E-state index in [1.54, 1.807) is 0 Å². The molecule has 0 bridgehead atoms. The van der Waals surface area contributed by atoms with Gasteiger partial charge >= 0.3 is 5.97 Å². The van der Waals surface area contributed by atoms with Crippen LogP contribution in [0.4, 0.5) is 8.78 Å². The molecule has 2 aromatic carbocycles. The Hall–Kier alpha value is -2.43. The Kier molecular flexibility index (Phi) is 3.46. The number of hydrogen-bond donors (Lipinski definition) is 1. The van der Waals surface area contributed by atoms with Crippen LogP contribution >= 0.6 is 0 Å². The molecule has 0 heterocycles. The highest BCUT2D eigenvalue weighted by Crippen LogP contribution is 2.28. The van der Waals surface area contributed by atoms with Gasteiger partial charge in [0.05, 0.1) is 12.7 Å². The van der Waals surface area contributed by atoms with Gasteiger partial charge in [0.15, 0.2) is 0 Å². The molecule has 0 aliphatic rings. The highest BCUT2D eigenvalue weighted by molar-refractivity contribution is 5.88. The summed E-state index contributed by atoms with van der Waals surface area (Å²) in [6.45, 7) is 0. The molecule has 1 N–H and O–H groups in total. The number of methoxy groups -OCH3 is 1. The summed E-state index contributed by atoms with van der Waals surface area (Å²) < 4.78 is 32.5. The molecular weight excluding hydrogens is 254 g/mol. The molecule has 0 amide bonds. The number of rotatable bonds is 3. The normalized spacial score (nSPS) is 10.3. The molecule has 0 aliphatic heterocycles. The van der Waals surface area contributed by atoms with Crippen molar-refractivity contribution in [2.45, 2.75) is 0 Å². The number of ether oxygens (including phenoxy) is 1. The topological polar surface area (TPSA) is 46.5 Å². The SMILES string of the molecule is COc1ccc(-c2ccc(C(=O)O)cc2F)c(F)c1. The van der Waals surface area contributed by atoms with Gasteiger partial charge in [0.25, 0.3) is 0 Å². The van der Waals surface area contributed by atoms with E-state index in [1.807, 2.05) is 0 Å². The molecule has 0 aromatic heterocycles. The summed E-state index contributed by atoms with van der Waals surface area (Å²) in [7, 11) is 1.40. The number of carboxylic acids is 1. The molecular formula is C14H10F2O3. The van der Waals surface area contributed by atoms with E-state index in [1.165, 1.54) is 31.4 Å². The van der Waals surface area contributed by atoms with E-state index in [-0.39, 0.29) is 16.7 Å². The minimum atomic E-state index is -1.24. The van der Waals surface area contributed by atoms with Crippen LogP contribution < -0.4 is 4.74 Å². The standard InChI is InChI=1S/C14H10F2O3/c1-19-9-3-5-11(13(16)7-9)10-4-2-8(14(17)18)6-12(10)15/h2-7H,1H3,(H,17,18). The first-order valence-electron chi connectivity index (χ1n) is 5.39. The fourth-order valence-corrected chi connectivity index (χ4v) is 1.71. The largest absolute Gasteiger partial charge is 0.497 e. The first-order valence-corrected chi connectivity index (χ1v) is 5.39. The number of carbonyl (C=O) groups is 1. The van der Waals surface area contributed by atoms with E-state index in [9.17, 15) is 13.6 Å². The molecule has 0 atom stereocenters. The van der Waals surface area contributed by atoms with Crippen LogP contribution in [0.25, 0.3) is 11.1 Å². The Morgan fingerprint density at radius 3 is 2.11 bits per heavy atom. The molecule has 19 heavy (non-hydrogen) atoms. The van der Waals surface area contributed by atoms with E-state index in [2.05, 4.69) is 0 Å². The highest BCUT2D eigenvalue weighted by Gasteiger charge is 2.13. The van der Waals surface area contributed by atoms with Gasteiger partial charge in [-0.05, 0) is 24.3 Å². The Morgan fingerprint density at radius 1 is 1.05 bits per heavy atom. The Bertz CT molecular complexity index is 639. The third-order valence-corrected chi connectivity index (χ3v) is 2.68. The average Bonchev–Trinajstić information content (AvgIpc) is 2.39. The summed E-state index contributed by atoms with van der Waals surface area (Å²) in [6, 6.07) is 7.35. The zero-order chi connectivity index (χ0) is 14.0. The zero-order valence-corrected chi connectivity index (χ0v) is 9.98. The van der Waals surface area contributed by atoms with Crippen molar-refractivity contribution >= 4 is 5.97 Å². The molecule has 0 unspecified atom stereocenters. The van der Waals surface area contributed by atoms with Crippen LogP contribution in [0.2, 0.25) is 0 Å². The molecule has 0 fully saturated rings. The van der Waals surface area contributed by atoms with Gasteiger partial charge in [0, 0.05) is 17.2 Å². The summed E-state index contributed by atoms with van der Waals surface area (Å²) in [6.07, 6.45) is 0. The van der Waals surface area contributed by atoms with Gasteiger partial charge in [-0.15, -0.1) is 0 Å². The third kappa shape index (κ3) is 2.54. The average molecular weight is 264 g/mol. The van der Waals surface area contributed by atoms with Crippen molar-refractivity contribution in [3.63, 3.8) is 0 Å². The Balaban J connectivity index is 2.50. The minimum Gasteiger partial charge on any atom is -0.497 e. The van der Waals surface area contributed by atoms with E-state index in [4.69, 9.17) is 9.84 Å². The lowest BCUT2D eigenvalue weighted by Crippen LogP contribution is -1.98. The Labute approximate surface area is 108 Å². The number of halogens is 2. The van der Waals surface area contributed by atoms with Crippen LogP contribution in [0.5, 0.6) is 5.75 Å². The molecule has 2 rings (SSSR count). The zero-order valence-electron chi connectivity index (χ0n) is 9.98. The quantitative estimate of drug-likeness (QED) is 0.924. The second-order valence-electron chi connectivity index (χ2n) is 3.85. The molecule has 0 radical (unpaired) electrons. The lowest BCUT2D eigenvalue weighted by molar-refractivity contribution is 0.0696. The summed E-state index contributed by atoms with van der Waals surface area (Å²) in [5.74, 6) is -2.34. The number of hydrogen-bond acceptors (Lipinski definition) is 2. The van der Waals surface area contributed by atoms with Crippen molar-refractivity contribution in [2.24, 2.45) is 0 Å². The second kappa shape index (κ2) is 5.06. The van der Waals surface area contributed by atoms with Crippen LogP contribution in [0.1, 0.15) is 10.4 Å². The van der Waals surface area contributed by atoms with Gasteiger partial charge in [-0.1, -0.05) is 6.07 Å². The molecule has 0 spiro atoms. The van der Waals surface area contributed by atoms with Crippen molar-refractivity contribution in [1.29, 1.82) is 0 Å². The smallest absolute Gasteiger partial charge is 0.335 e. The van der Waals surface area contributed by atoms with E-state index >= 15 is 0 Å². The third-order valence-electron chi connectivity index (χ3n) is 2.68. The van der Waals surface area contributed by atoms with Gasteiger partial charge < -0.3 is 9.84 Å². The number of aromatic carboxylic acids is 1. The van der Waals surface area contributed by atoms with Gasteiger partial charge in [0.1, 0.15) is 17.4 Å². The monoisotopic (exact) mass is 264 g/mol. The van der Waals surface area contributed by atoms with Crippen LogP contribution in [0.15, 0.2) is 36.4 Å². The van der Waals surface area contributed by atoms with E-state index in [0.29, 0.717) is 5.75 Å². The fourth-order valence-electron chi connectivity index (χ4n) is 1.71. The Morgan fingerprint density at radius 2 is 1.63 bits per heavy atom. The van der Waals surface area contributed by atoms with Crippen molar-refractivity contribution in [1.82, 2.24) is 0 Å². The molecule has 0 saturated carbocycles. The molecule has 0 saturated heterocycles. The first-order chi connectivity index (χ1) is 9.02.